The first-order valence-electron chi connectivity index (χ1n) is 11.8. The number of benzene rings is 2. The highest BCUT2D eigenvalue weighted by Crippen LogP contribution is 2.44. The highest BCUT2D eigenvalue weighted by Gasteiger charge is 2.33. The summed E-state index contributed by atoms with van der Waals surface area (Å²) in [5.74, 6) is -1.55. The second-order valence-corrected chi connectivity index (χ2v) is 9.86. The minimum atomic E-state index is -1.09. The van der Waals surface area contributed by atoms with Gasteiger partial charge in [0.15, 0.2) is 0 Å². The number of carboxylic acid groups (broad SMARTS) is 1. The van der Waals surface area contributed by atoms with E-state index in [4.69, 9.17) is 4.74 Å². The molecule has 0 saturated heterocycles. The maximum Gasteiger partial charge on any atom is 0.407 e. The Morgan fingerprint density at radius 2 is 1.53 bits per heavy atom. The SMILES string of the molecule is CCC[C@@H](CC(=O)NC(C(=O)O)C(C)(C)C)NC(=O)OCC1c2ccccc2-c2ccccc21. The smallest absolute Gasteiger partial charge is 0.407 e. The van der Waals surface area contributed by atoms with Gasteiger partial charge in [0.25, 0.3) is 0 Å². The molecule has 0 heterocycles. The van der Waals surface area contributed by atoms with E-state index in [1.807, 2.05) is 31.2 Å². The molecule has 0 aliphatic heterocycles. The van der Waals surface area contributed by atoms with E-state index < -0.39 is 35.5 Å². The van der Waals surface area contributed by atoms with Crippen molar-refractivity contribution in [1.29, 1.82) is 0 Å². The normalized spacial score (nSPS) is 14.5. The Bertz CT molecular complexity index is 998. The van der Waals surface area contributed by atoms with E-state index in [-0.39, 0.29) is 18.9 Å². The number of carboxylic acids is 1. The van der Waals surface area contributed by atoms with Crippen LogP contribution in [0.15, 0.2) is 48.5 Å². The van der Waals surface area contributed by atoms with Crippen LogP contribution in [-0.2, 0) is 14.3 Å². The van der Waals surface area contributed by atoms with Gasteiger partial charge in [-0.25, -0.2) is 9.59 Å². The van der Waals surface area contributed by atoms with Gasteiger partial charge in [-0.3, -0.25) is 4.79 Å². The zero-order chi connectivity index (χ0) is 24.9. The van der Waals surface area contributed by atoms with Crippen molar-refractivity contribution in [3.63, 3.8) is 0 Å². The maximum absolute atomic E-state index is 12.6. The van der Waals surface area contributed by atoms with Gasteiger partial charge >= 0.3 is 12.1 Å². The van der Waals surface area contributed by atoms with Gasteiger partial charge in [0.2, 0.25) is 5.91 Å². The van der Waals surface area contributed by atoms with E-state index in [1.54, 1.807) is 20.8 Å². The number of amides is 2. The minimum Gasteiger partial charge on any atom is -0.480 e. The summed E-state index contributed by atoms with van der Waals surface area (Å²) in [7, 11) is 0. The third-order valence-electron chi connectivity index (χ3n) is 6.15. The Labute approximate surface area is 200 Å². The molecular weight excluding hydrogens is 432 g/mol. The lowest BCUT2D eigenvalue weighted by Gasteiger charge is -2.28. The second-order valence-electron chi connectivity index (χ2n) is 9.86. The zero-order valence-electron chi connectivity index (χ0n) is 20.3. The zero-order valence-corrected chi connectivity index (χ0v) is 20.3. The number of alkyl carbamates (subject to hydrolysis) is 1. The van der Waals surface area contributed by atoms with Gasteiger partial charge in [-0.15, -0.1) is 0 Å². The van der Waals surface area contributed by atoms with Crippen LogP contribution < -0.4 is 10.6 Å². The summed E-state index contributed by atoms with van der Waals surface area (Å²) in [6, 6.07) is 14.8. The van der Waals surface area contributed by atoms with Crippen molar-refractivity contribution in [2.24, 2.45) is 5.41 Å². The quantitative estimate of drug-likeness (QED) is 0.497. The highest BCUT2D eigenvalue weighted by atomic mass is 16.5. The lowest BCUT2D eigenvalue weighted by molar-refractivity contribution is -0.145. The van der Waals surface area contributed by atoms with Crippen molar-refractivity contribution in [2.45, 2.75) is 65.0 Å². The Balaban J connectivity index is 1.60. The third kappa shape index (κ3) is 5.95. The first-order chi connectivity index (χ1) is 16.1. The average Bonchev–Trinajstić information content (AvgIpc) is 3.09. The van der Waals surface area contributed by atoms with E-state index in [2.05, 4.69) is 34.9 Å². The molecule has 0 saturated carbocycles. The van der Waals surface area contributed by atoms with Gasteiger partial charge in [-0.05, 0) is 34.1 Å². The molecule has 3 rings (SSSR count). The number of carbonyl (C=O) groups is 3. The van der Waals surface area contributed by atoms with Gasteiger partial charge in [-0.2, -0.15) is 0 Å². The largest absolute Gasteiger partial charge is 0.480 e. The number of nitrogens with one attached hydrogen (secondary N) is 2. The molecule has 0 bridgehead atoms. The summed E-state index contributed by atoms with van der Waals surface area (Å²) in [4.78, 5) is 36.7. The Morgan fingerprint density at radius 3 is 2.03 bits per heavy atom. The van der Waals surface area contributed by atoms with Crippen LogP contribution in [-0.4, -0.2) is 41.8 Å². The number of carbonyl (C=O) groups excluding carboxylic acids is 2. The van der Waals surface area contributed by atoms with Crippen LogP contribution >= 0.6 is 0 Å². The van der Waals surface area contributed by atoms with E-state index in [1.165, 1.54) is 0 Å². The molecule has 182 valence electrons. The molecule has 1 aliphatic carbocycles. The predicted molar refractivity (Wildman–Crippen MR) is 131 cm³/mol. The molecule has 7 heteroatoms. The molecule has 0 aromatic heterocycles. The van der Waals surface area contributed by atoms with E-state index in [0.717, 1.165) is 28.7 Å². The van der Waals surface area contributed by atoms with Crippen LogP contribution in [0.1, 0.15) is 64.0 Å². The molecule has 0 spiro atoms. The van der Waals surface area contributed by atoms with Crippen LogP contribution in [0.5, 0.6) is 0 Å². The third-order valence-corrected chi connectivity index (χ3v) is 6.15. The first kappa shape index (κ1) is 25.3. The molecule has 2 aromatic rings. The van der Waals surface area contributed by atoms with Crippen LogP contribution in [0.3, 0.4) is 0 Å². The van der Waals surface area contributed by atoms with Crippen molar-refractivity contribution in [3.8, 4) is 11.1 Å². The van der Waals surface area contributed by atoms with Crippen LogP contribution in [0, 0.1) is 5.41 Å². The molecule has 34 heavy (non-hydrogen) atoms. The van der Waals surface area contributed by atoms with Crippen molar-refractivity contribution in [1.82, 2.24) is 10.6 Å². The van der Waals surface area contributed by atoms with Crippen LogP contribution in [0.25, 0.3) is 11.1 Å². The van der Waals surface area contributed by atoms with Gasteiger partial charge in [0.1, 0.15) is 12.6 Å². The lowest BCUT2D eigenvalue weighted by atomic mass is 9.86. The van der Waals surface area contributed by atoms with Crippen LogP contribution in [0.4, 0.5) is 4.79 Å². The lowest BCUT2D eigenvalue weighted by Crippen LogP contribution is -2.50. The number of hydrogen-bond acceptors (Lipinski definition) is 4. The Morgan fingerprint density at radius 1 is 0.971 bits per heavy atom. The van der Waals surface area contributed by atoms with Crippen molar-refractivity contribution in [2.75, 3.05) is 6.61 Å². The molecule has 2 amide bonds. The highest BCUT2D eigenvalue weighted by molar-refractivity contribution is 5.85. The molecule has 2 aromatic carbocycles. The standard InChI is InChI=1S/C27H34N2O5/c1-5-10-17(15-23(30)29-24(25(31)32)27(2,3)4)28-26(33)34-16-22-20-13-8-6-11-18(20)19-12-7-9-14-21(19)22/h6-9,11-14,17,22,24H,5,10,15-16H2,1-4H3,(H,28,33)(H,29,30)(H,31,32)/t17-,24?/m0/s1. The summed E-state index contributed by atoms with van der Waals surface area (Å²) in [6.07, 6.45) is 0.727. The summed E-state index contributed by atoms with van der Waals surface area (Å²) in [5.41, 5.74) is 3.92. The fourth-order valence-electron chi connectivity index (χ4n) is 4.47. The second kappa shape index (κ2) is 10.7. The minimum absolute atomic E-state index is 0.0160. The van der Waals surface area contributed by atoms with Crippen molar-refractivity contribution in [3.05, 3.63) is 59.7 Å². The summed E-state index contributed by atoms with van der Waals surface area (Å²) < 4.78 is 5.60. The summed E-state index contributed by atoms with van der Waals surface area (Å²) in [5, 5.41) is 14.8. The number of hydrogen-bond donors (Lipinski definition) is 3. The van der Waals surface area contributed by atoms with E-state index >= 15 is 0 Å². The van der Waals surface area contributed by atoms with Gasteiger partial charge in [-0.1, -0.05) is 82.6 Å². The first-order valence-corrected chi connectivity index (χ1v) is 11.8. The molecule has 7 nitrogen and oxygen atoms in total. The summed E-state index contributed by atoms with van der Waals surface area (Å²) in [6.45, 7) is 7.41. The Kier molecular flexibility index (Phi) is 7.97. The molecule has 0 fully saturated rings. The van der Waals surface area contributed by atoms with Gasteiger partial charge in [0, 0.05) is 18.4 Å². The predicted octanol–water partition coefficient (Wildman–Crippen LogP) is 4.70. The van der Waals surface area contributed by atoms with Gasteiger partial charge < -0.3 is 20.5 Å². The van der Waals surface area contributed by atoms with Crippen LogP contribution in [0.2, 0.25) is 0 Å². The fourth-order valence-corrected chi connectivity index (χ4v) is 4.47. The average molecular weight is 467 g/mol. The van der Waals surface area contributed by atoms with Gasteiger partial charge in [0.05, 0.1) is 0 Å². The molecule has 2 atom stereocenters. The molecule has 3 N–H and O–H groups in total. The monoisotopic (exact) mass is 466 g/mol. The van der Waals surface area contributed by atoms with E-state index in [9.17, 15) is 19.5 Å². The Hall–Kier alpha value is -3.35. The number of rotatable bonds is 9. The molecule has 1 aliphatic rings. The summed E-state index contributed by atoms with van der Waals surface area (Å²) >= 11 is 0. The number of aliphatic carboxylic acids is 1. The van der Waals surface area contributed by atoms with Crippen molar-refractivity contribution >= 4 is 18.0 Å². The number of ether oxygens (including phenoxy) is 1. The molecule has 1 unspecified atom stereocenters. The number of fused-ring (bicyclic) bond motifs is 3. The molecule has 0 radical (unpaired) electrons. The van der Waals surface area contributed by atoms with Crippen molar-refractivity contribution < 1.29 is 24.2 Å². The van der Waals surface area contributed by atoms with E-state index in [0.29, 0.717) is 6.42 Å². The fraction of sp³-hybridized carbons (Fsp3) is 0.444. The topological polar surface area (TPSA) is 105 Å². The molecular formula is C27H34N2O5. The maximum atomic E-state index is 12.6.